The van der Waals surface area contributed by atoms with E-state index in [0.717, 1.165) is 11.6 Å². The second kappa shape index (κ2) is 5.64. The Morgan fingerprint density at radius 1 is 1.29 bits per heavy atom. The Kier molecular flexibility index (Phi) is 4.79. The van der Waals surface area contributed by atoms with E-state index in [-0.39, 0.29) is 0 Å². The van der Waals surface area contributed by atoms with Gasteiger partial charge in [-0.2, -0.15) is 0 Å². The minimum absolute atomic E-state index is 0.603. The number of thioether (sulfide) groups is 1. The second-order valence-electron chi connectivity index (χ2n) is 3.64. The number of hydrogen-bond donors (Lipinski definition) is 0. The Balaban J connectivity index is 2.47. The Morgan fingerprint density at radius 2 is 1.86 bits per heavy atom. The van der Waals surface area contributed by atoms with E-state index >= 15 is 0 Å². The zero-order chi connectivity index (χ0) is 10.6. The molecule has 0 fully saturated rings. The molecule has 1 unspecified atom stereocenters. The topological polar surface area (TPSA) is 3.24 Å². The highest BCUT2D eigenvalue weighted by Gasteiger charge is 2.05. The summed E-state index contributed by atoms with van der Waals surface area (Å²) >= 11 is 7.70. The lowest BCUT2D eigenvalue weighted by molar-refractivity contribution is 0.413. The summed E-state index contributed by atoms with van der Waals surface area (Å²) in [5.41, 5.74) is 0. The molecule has 1 atom stereocenters. The van der Waals surface area contributed by atoms with Crippen molar-refractivity contribution in [1.29, 1.82) is 0 Å². The van der Waals surface area contributed by atoms with Crippen LogP contribution in [0.2, 0.25) is 5.02 Å². The largest absolute Gasteiger partial charge is 0.308 e. The molecule has 3 heteroatoms. The molecule has 0 aliphatic heterocycles. The molecule has 0 saturated carbocycles. The highest BCUT2D eigenvalue weighted by atomic mass is 35.5. The third-order valence-corrected chi connectivity index (χ3v) is 3.12. The molecule has 0 saturated heterocycles. The van der Waals surface area contributed by atoms with Crippen molar-refractivity contribution < 1.29 is 0 Å². The molecule has 0 N–H and O–H groups in total. The average molecular weight is 230 g/mol. The monoisotopic (exact) mass is 229 g/mol. The minimum Gasteiger partial charge on any atom is -0.308 e. The van der Waals surface area contributed by atoms with E-state index in [1.807, 2.05) is 23.9 Å². The van der Waals surface area contributed by atoms with Gasteiger partial charge in [0.2, 0.25) is 0 Å². The Bertz CT molecular complexity index is 271. The fourth-order valence-corrected chi connectivity index (χ4v) is 2.55. The number of rotatable bonds is 4. The van der Waals surface area contributed by atoms with E-state index < -0.39 is 0 Å². The molecule has 1 nitrogen and oxygen atoms in total. The van der Waals surface area contributed by atoms with Crippen LogP contribution in [0.1, 0.15) is 6.92 Å². The smallest absolute Gasteiger partial charge is 0.0406 e. The fraction of sp³-hybridized carbons (Fsp3) is 0.455. The minimum atomic E-state index is 0.603. The third-order valence-electron chi connectivity index (χ3n) is 1.77. The fourth-order valence-electron chi connectivity index (χ4n) is 1.30. The molecule has 0 amide bonds. The van der Waals surface area contributed by atoms with E-state index in [1.54, 1.807) is 0 Å². The first kappa shape index (κ1) is 11.9. The summed E-state index contributed by atoms with van der Waals surface area (Å²) in [7, 11) is 4.19. The van der Waals surface area contributed by atoms with Gasteiger partial charge >= 0.3 is 0 Å². The van der Waals surface area contributed by atoms with Crippen molar-refractivity contribution in [1.82, 2.24) is 4.90 Å². The van der Waals surface area contributed by atoms with Crippen molar-refractivity contribution in [2.24, 2.45) is 0 Å². The maximum Gasteiger partial charge on any atom is 0.0406 e. The van der Waals surface area contributed by atoms with Gasteiger partial charge in [0.1, 0.15) is 0 Å². The van der Waals surface area contributed by atoms with Crippen LogP contribution in [0.15, 0.2) is 29.2 Å². The van der Waals surface area contributed by atoms with E-state index in [0.29, 0.717) is 5.25 Å². The van der Waals surface area contributed by atoms with Gasteiger partial charge in [-0.05, 0) is 38.4 Å². The normalized spacial score (nSPS) is 13.2. The predicted molar refractivity (Wildman–Crippen MR) is 65.3 cm³/mol. The Labute approximate surface area is 95.4 Å². The van der Waals surface area contributed by atoms with Crippen molar-refractivity contribution in [3.63, 3.8) is 0 Å². The summed E-state index contributed by atoms with van der Waals surface area (Å²) in [5, 5.41) is 1.40. The van der Waals surface area contributed by atoms with Gasteiger partial charge in [-0.25, -0.2) is 0 Å². The Hall–Kier alpha value is -0.180. The van der Waals surface area contributed by atoms with Crippen LogP contribution < -0.4 is 0 Å². The van der Waals surface area contributed by atoms with Crippen molar-refractivity contribution in [2.75, 3.05) is 20.6 Å². The number of benzene rings is 1. The van der Waals surface area contributed by atoms with Crippen LogP contribution in [-0.2, 0) is 0 Å². The summed E-state index contributed by atoms with van der Waals surface area (Å²) in [6.45, 7) is 3.33. The van der Waals surface area contributed by atoms with Crippen LogP contribution in [0.25, 0.3) is 0 Å². The SMILES string of the molecule is CC(CN(C)C)Sc1ccc(Cl)cc1. The summed E-state index contributed by atoms with van der Waals surface area (Å²) < 4.78 is 0. The molecule has 0 heterocycles. The highest BCUT2D eigenvalue weighted by Crippen LogP contribution is 2.24. The van der Waals surface area contributed by atoms with Gasteiger partial charge in [-0.15, -0.1) is 11.8 Å². The summed E-state index contributed by atoms with van der Waals surface area (Å²) in [4.78, 5) is 3.48. The zero-order valence-corrected chi connectivity index (χ0v) is 10.4. The van der Waals surface area contributed by atoms with Crippen LogP contribution in [-0.4, -0.2) is 30.8 Å². The van der Waals surface area contributed by atoms with Gasteiger partial charge < -0.3 is 4.90 Å². The molecule has 0 aliphatic rings. The zero-order valence-electron chi connectivity index (χ0n) is 8.83. The molecule has 1 aromatic carbocycles. The third kappa shape index (κ3) is 4.36. The molecule has 1 aromatic rings. The maximum absolute atomic E-state index is 5.82. The molecule has 0 bridgehead atoms. The first-order valence-electron chi connectivity index (χ1n) is 4.65. The van der Waals surface area contributed by atoms with Gasteiger partial charge in [0.15, 0.2) is 0 Å². The summed E-state index contributed by atoms with van der Waals surface area (Å²) in [5.74, 6) is 0. The van der Waals surface area contributed by atoms with E-state index in [1.165, 1.54) is 4.90 Å². The predicted octanol–water partition coefficient (Wildman–Crippen LogP) is 3.38. The lowest BCUT2D eigenvalue weighted by atomic mass is 10.4. The lowest BCUT2D eigenvalue weighted by Crippen LogP contribution is -2.21. The summed E-state index contributed by atoms with van der Waals surface area (Å²) in [6, 6.07) is 8.01. The van der Waals surface area contributed by atoms with Crippen molar-refractivity contribution in [2.45, 2.75) is 17.1 Å². The van der Waals surface area contributed by atoms with Crippen molar-refractivity contribution >= 4 is 23.4 Å². The second-order valence-corrected chi connectivity index (χ2v) is 5.59. The van der Waals surface area contributed by atoms with E-state index in [4.69, 9.17) is 11.6 Å². The van der Waals surface area contributed by atoms with E-state index in [2.05, 4.69) is 38.1 Å². The van der Waals surface area contributed by atoms with Crippen molar-refractivity contribution in [3.05, 3.63) is 29.3 Å². The van der Waals surface area contributed by atoms with Crippen LogP contribution in [0.3, 0.4) is 0 Å². The molecule has 0 aliphatic carbocycles. The first-order chi connectivity index (χ1) is 6.58. The molecule has 0 aromatic heterocycles. The lowest BCUT2D eigenvalue weighted by Gasteiger charge is -2.16. The standard InChI is InChI=1S/C11H16ClNS/c1-9(8-13(2)3)14-11-6-4-10(12)5-7-11/h4-7,9H,8H2,1-3H3. The summed E-state index contributed by atoms with van der Waals surface area (Å²) in [6.07, 6.45) is 0. The number of nitrogens with zero attached hydrogens (tertiary/aromatic N) is 1. The highest BCUT2D eigenvalue weighted by molar-refractivity contribution is 8.00. The number of hydrogen-bond acceptors (Lipinski definition) is 2. The van der Waals surface area contributed by atoms with Gasteiger partial charge in [-0.3, -0.25) is 0 Å². The molecule has 78 valence electrons. The van der Waals surface area contributed by atoms with Crippen LogP contribution in [0.4, 0.5) is 0 Å². The van der Waals surface area contributed by atoms with E-state index in [9.17, 15) is 0 Å². The molecular formula is C11H16ClNS. The Morgan fingerprint density at radius 3 is 2.36 bits per heavy atom. The van der Waals surface area contributed by atoms with Gasteiger partial charge in [0.05, 0.1) is 0 Å². The van der Waals surface area contributed by atoms with Gasteiger partial charge in [-0.1, -0.05) is 18.5 Å². The first-order valence-corrected chi connectivity index (χ1v) is 5.90. The van der Waals surface area contributed by atoms with Crippen LogP contribution >= 0.6 is 23.4 Å². The van der Waals surface area contributed by atoms with Gasteiger partial charge in [0.25, 0.3) is 0 Å². The molecule has 14 heavy (non-hydrogen) atoms. The molecule has 0 spiro atoms. The van der Waals surface area contributed by atoms with Crippen LogP contribution in [0.5, 0.6) is 0 Å². The quantitative estimate of drug-likeness (QED) is 0.729. The molecule has 0 radical (unpaired) electrons. The maximum atomic E-state index is 5.82. The average Bonchev–Trinajstić information content (AvgIpc) is 2.07. The number of halogens is 1. The molecular weight excluding hydrogens is 214 g/mol. The van der Waals surface area contributed by atoms with Crippen LogP contribution in [0, 0.1) is 0 Å². The van der Waals surface area contributed by atoms with Crippen molar-refractivity contribution in [3.8, 4) is 0 Å². The van der Waals surface area contributed by atoms with Gasteiger partial charge in [0, 0.05) is 21.7 Å². The molecule has 1 rings (SSSR count).